The first-order valence-corrected chi connectivity index (χ1v) is 7.79. The van der Waals surface area contributed by atoms with Crippen molar-refractivity contribution >= 4 is 17.5 Å². The SMILES string of the molecule is CC(Oc1cccc(Cl)c1)C(=O)N(C)C1CCCC1CN. The number of ether oxygens (including phenoxy) is 1. The predicted molar refractivity (Wildman–Crippen MR) is 84.5 cm³/mol. The molecule has 3 unspecified atom stereocenters. The Morgan fingerprint density at radius 2 is 2.29 bits per heavy atom. The molecule has 116 valence electrons. The molecule has 1 aromatic rings. The Morgan fingerprint density at radius 1 is 1.52 bits per heavy atom. The lowest BCUT2D eigenvalue weighted by Gasteiger charge is -2.31. The van der Waals surface area contributed by atoms with Gasteiger partial charge in [0.25, 0.3) is 5.91 Å². The maximum Gasteiger partial charge on any atom is 0.263 e. The van der Waals surface area contributed by atoms with E-state index in [1.807, 2.05) is 7.05 Å². The molecule has 2 N–H and O–H groups in total. The monoisotopic (exact) mass is 310 g/mol. The Kier molecular flexibility index (Phi) is 5.48. The van der Waals surface area contributed by atoms with Gasteiger partial charge < -0.3 is 15.4 Å². The molecular weight excluding hydrogens is 288 g/mol. The molecule has 0 spiro atoms. The van der Waals surface area contributed by atoms with Crippen LogP contribution in [0.3, 0.4) is 0 Å². The van der Waals surface area contributed by atoms with Crippen molar-refractivity contribution in [2.45, 2.75) is 38.3 Å². The van der Waals surface area contributed by atoms with E-state index in [0.717, 1.165) is 19.3 Å². The molecule has 4 nitrogen and oxygen atoms in total. The summed E-state index contributed by atoms with van der Waals surface area (Å²) in [7, 11) is 1.85. The van der Waals surface area contributed by atoms with Gasteiger partial charge in [0.2, 0.25) is 0 Å². The zero-order valence-electron chi connectivity index (χ0n) is 12.6. The first-order valence-electron chi connectivity index (χ1n) is 7.42. The third kappa shape index (κ3) is 3.89. The fraction of sp³-hybridized carbons (Fsp3) is 0.562. The van der Waals surface area contributed by atoms with Gasteiger partial charge in [-0.2, -0.15) is 0 Å². The van der Waals surface area contributed by atoms with Gasteiger partial charge in [0.15, 0.2) is 6.10 Å². The minimum absolute atomic E-state index is 0.0136. The van der Waals surface area contributed by atoms with Crippen molar-refractivity contribution < 1.29 is 9.53 Å². The molecule has 0 saturated heterocycles. The number of benzene rings is 1. The van der Waals surface area contributed by atoms with Crippen molar-refractivity contribution in [3.8, 4) is 5.75 Å². The maximum atomic E-state index is 12.5. The summed E-state index contributed by atoms with van der Waals surface area (Å²) < 4.78 is 5.70. The van der Waals surface area contributed by atoms with Crippen LogP contribution in [-0.2, 0) is 4.79 Å². The van der Waals surface area contributed by atoms with Crippen LogP contribution in [0.2, 0.25) is 5.02 Å². The highest BCUT2D eigenvalue weighted by atomic mass is 35.5. The molecule has 0 radical (unpaired) electrons. The number of amides is 1. The van der Waals surface area contributed by atoms with Gasteiger partial charge in [0.1, 0.15) is 5.75 Å². The third-order valence-electron chi connectivity index (χ3n) is 4.22. The number of rotatable bonds is 5. The van der Waals surface area contributed by atoms with Crippen molar-refractivity contribution in [1.29, 1.82) is 0 Å². The lowest BCUT2D eigenvalue weighted by Crippen LogP contribution is -2.46. The number of carbonyl (C=O) groups excluding carboxylic acids is 1. The first-order chi connectivity index (χ1) is 10.0. The maximum absolute atomic E-state index is 12.5. The van der Waals surface area contributed by atoms with Crippen LogP contribution in [0, 0.1) is 5.92 Å². The molecule has 1 aliphatic rings. The molecule has 5 heteroatoms. The molecule has 0 aromatic heterocycles. The topological polar surface area (TPSA) is 55.6 Å². The fourth-order valence-electron chi connectivity index (χ4n) is 3.05. The summed E-state index contributed by atoms with van der Waals surface area (Å²) in [4.78, 5) is 14.3. The van der Waals surface area contributed by atoms with Gasteiger partial charge in [0, 0.05) is 18.1 Å². The highest BCUT2D eigenvalue weighted by Crippen LogP contribution is 2.29. The molecule has 1 aromatic carbocycles. The van der Waals surface area contributed by atoms with E-state index in [-0.39, 0.29) is 11.9 Å². The van der Waals surface area contributed by atoms with Crippen molar-refractivity contribution in [3.63, 3.8) is 0 Å². The summed E-state index contributed by atoms with van der Waals surface area (Å²) in [6.07, 6.45) is 2.72. The van der Waals surface area contributed by atoms with Gasteiger partial charge in [0.05, 0.1) is 0 Å². The van der Waals surface area contributed by atoms with E-state index in [1.165, 1.54) is 0 Å². The van der Waals surface area contributed by atoms with E-state index in [9.17, 15) is 4.79 Å². The average Bonchev–Trinajstić information content (AvgIpc) is 2.94. The molecule has 3 atom stereocenters. The number of hydrogen-bond donors (Lipinski definition) is 1. The third-order valence-corrected chi connectivity index (χ3v) is 4.46. The van der Waals surface area contributed by atoms with Crippen molar-refractivity contribution in [2.75, 3.05) is 13.6 Å². The Balaban J connectivity index is 1.98. The van der Waals surface area contributed by atoms with Crippen LogP contribution in [0.25, 0.3) is 0 Å². The van der Waals surface area contributed by atoms with Crippen molar-refractivity contribution in [2.24, 2.45) is 11.7 Å². The zero-order chi connectivity index (χ0) is 15.4. The zero-order valence-corrected chi connectivity index (χ0v) is 13.3. The first kappa shape index (κ1) is 16.1. The summed E-state index contributed by atoms with van der Waals surface area (Å²) in [6.45, 7) is 2.40. The van der Waals surface area contributed by atoms with Crippen molar-refractivity contribution in [1.82, 2.24) is 4.90 Å². The second kappa shape index (κ2) is 7.14. The van der Waals surface area contributed by atoms with Crippen LogP contribution < -0.4 is 10.5 Å². The smallest absolute Gasteiger partial charge is 0.263 e. The van der Waals surface area contributed by atoms with E-state index >= 15 is 0 Å². The van der Waals surface area contributed by atoms with Crippen LogP contribution in [0.4, 0.5) is 0 Å². The summed E-state index contributed by atoms with van der Waals surface area (Å²) in [5.41, 5.74) is 5.79. The molecule has 21 heavy (non-hydrogen) atoms. The van der Waals surface area contributed by atoms with Crippen LogP contribution >= 0.6 is 11.6 Å². The molecule has 1 saturated carbocycles. The van der Waals surface area contributed by atoms with Crippen molar-refractivity contribution in [3.05, 3.63) is 29.3 Å². The van der Waals surface area contributed by atoms with Gasteiger partial charge in [-0.1, -0.05) is 24.1 Å². The number of carbonyl (C=O) groups is 1. The Hall–Kier alpha value is -1.26. The molecule has 1 amide bonds. The Labute approximate surface area is 131 Å². The van der Waals surface area contributed by atoms with Gasteiger partial charge >= 0.3 is 0 Å². The van der Waals surface area contributed by atoms with Gasteiger partial charge in [-0.05, 0) is 50.4 Å². The molecule has 0 aliphatic heterocycles. The lowest BCUT2D eigenvalue weighted by atomic mass is 10.0. The van der Waals surface area contributed by atoms with Crippen LogP contribution in [0.15, 0.2) is 24.3 Å². The molecule has 0 heterocycles. The fourth-order valence-corrected chi connectivity index (χ4v) is 3.23. The highest BCUT2D eigenvalue weighted by molar-refractivity contribution is 6.30. The van der Waals surface area contributed by atoms with Gasteiger partial charge in [-0.15, -0.1) is 0 Å². The summed E-state index contributed by atoms with van der Waals surface area (Å²) in [5.74, 6) is 0.996. The minimum Gasteiger partial charge on any atom is -0.481 e. The molecule has 0 bridgehead atoms. The molecule has 1 fully saturated rings. The standard InChI is InChI=1S/C16H23ClN2O2/c1-11(21-14-7-4-6-13(17)9-14)16(20)19(2)15-8-3-5-12(15)10-18/h4,6-7,9,11-12,15H,3,5,8,10,18H2,1-2H3. The number of halogens is 1. The number of likely N-dealkylation sites (N-methyl/N-ethyl adjacent to an activating group) is 1. The van der Waals surface area contributed by atoms with Crippen LogP contribution in [0.5, 0.6) is 5.75 Å². The molecular formula is C16H23ClN2O2. The summed E-state index contributed by atoms with van der Waals surface area (Å²) in [6, 6.07) is 7.32. The number of hydrogen-bond acceptors (Lipinski definition) is 3. The second-order valence-electron chi connectivity index (χ2n) is 5.66. The van der Waals surface area contributed by atoms with E-state index < -0.39 is 6.10 Å². The largest absolute Gasteiger partial charge is 0.481 e. The minimum atomic E-state index is -0.535. The van der Waals surface area contributed by atoms with E-state index in [2.05, 4.69) is 0 Å². The van der Waals surface area contributed by atoms with Gasteiger partial charge in [-0.25, -0.2) is 0 Å². The quantitative estimate of drug-likeness (QED) is 0.909. The molecule has 2 rings (SSSR count). The molecule has 1 aliphatic carbocycles. The van der Waals surface area contributed by atoms with E-state index in [4.69, 9.17) is 22.1 Å². The normalized spacial score (nSPS) is 22.9. The number of nitrogens with two attached hydrogens (primary N) is 1. The average molecular weight is 311 g/mol. The van der Waals surface area contributed by atoms with Crippen LogP contribution in [-0.4, -0.2) is 36.5 Å². The second-order valence-corrected chi connectivity index (χ2v) is 6.10. The van der Waals surface area contributed by atoms with Crippen LogP contribution in [0.1, 0.15) is 26.2 Å². The Bertz CT molecular complexity index is 495. The van der Waals surface area contributed by atoms with Gasteiger partial charge in [-0.3, -0.25) is 4.79 Å². The summed E-state index contributed by atoms with van der Waals surface area (Å²) >= 11 is 5.92. The lowest BCUT2D eigenvalue weighted by molar-refractivity contribution is -0.139. The summed E-state index contributed by atoms with van der Waals surface area (Å²) in [5, 5.41) is 0.597. The Morgan fingerprint density at radius 3 is 2.95 bits per heavy atom. The highest BCUT2D eigenvalue weighted by Gasteiger charge is 2.33. The van der Waals surface area contributed by atoms with E-state index in [0.29, 0.717) is 23.2 Å². The predicted octanol–water partition coefficient (Wildman–Crippen LogP) is 2.69. The van der Waals surface area contributed by atoms with E-state index in [1.54, 1.807) is 36.1 Å². The number of nitrogens with zero attached hydrogens (tertiary/aromatic N) is 1.